The summed E-state index contributed by atoms with van der Waals surface area (Å²) in [5.74, 6) is 0.190. The quantitative estimate of drug-likeness (QED) is 0.796. The van der Waals surface area contributed by atoms with Gasteiger partial charge in [0.15, 0.2) is 0 Å². The minimum absolute atomic E-state index is 0.0437. The van der Waals surface area contributed by atoms with Crippen LogP contribution in [0.2, 0.25) is 0 Å². The zero-order valence-electron chi connectivity index (χ0n) is 13.0. The third kappa shape index (κ3) is 4.94. The van der Waals surface area contributed by atoms with Gasteiger partial charge in [0.1, 0.15) is 0 Å². The first-order valence-electron chi connectivity index (χ1n) is 7.15. The molecule has 3 N–H and O–H groups in total. The Balaban J connectivity index is 2.67. The van der Waals surface area contributed by atoms with Crippen molar-refractivity contribution < 1.29 is 4.79 Å². The van der Waals surface area contributed by atoms with Crippen molar-refractivity contribution >= 4 is 5.91 Å². The number of nitrogens with one attached hydrogen (secondary N) is 1. The van der Waals surface area contributed by atoms with Gasteiger partial charge in [-0.15, -0.1) is 0 Å². The molecule has 4 heteroatoms. The molecular weight excluding hydrogens is 250 g/mol. The highest BCUT2D eigenvalue weighted by molar-refractivity contribution is 5.79. The van der Waals surface area contributed by atoms with Crippen molar-refractivity contribution in [1.82, 2.24) is 10.2 Å². The predicted octanol–water partition coefficient (Wildman–Crippen LogP) is 1.60. The van der Waals surface area contributed by atoms with Crippen molar-refractivity contribution in [3.8, 4) is 0 Å². The summed E-state index contributed by atoms with van der Waals surface area (Å²) in [5, 5.41) is 3.01. The molecule has 0 aliphatic rings. The molecule has 0 aliphatic carbocycles. The number of carbonyl (C=O) groups excluding carboxylic acids is 1. The molecule has 1 amide bonds. The van der Waals surface area contributed by atoms with Gasteiger partial charge >= 0.3 is 0 Å². The summed E-state index contributed by atoms with van der Waals surface area (Å²) in [6.07, 6.45) is 0. The third-order valence-electron chi connectivity index (χ3n) is 3.45. The molecule has 0 bridgehead atoms. The summed E-state index contributed by atoms with van der Waals surface area (Å²) in [4.78, 5) is 14.2. The number of hydrogen-bond donors (Lipinski definition) is 2. The molecule has 1 aromatic carbocycles. The van der Waals surface area contributed by atoms with Crippen LogP contribution in [0.3, 0.4) is 0 Å². The fraction of sp³-hybridized carbons (Fsp3) is 0.562. The molecule has 0 aliphatic heterocycles. The van der Waals surface area contributed by atoms with Crippen molar-refractivity contribution in [2.75, 3.05) is 20.6 Å². The lowest BCUT2D eigenvalue weighted by Gasteiger charge is -2.19. The van der Waals surface area contributed by atoms with E-state index >= 15 is 0 Å². The Kier molecular flexibility index (Phi) is 6.68. The number of hydrogen-bond acceptors (Lipinski definition) is 3. The second kappa shape index (κ2) is 8.02. The van der Waals surface area contributed by atoms with Crippen LogP contribution in [0.4, 0.5) is 0 Å². The lowest BCUT2D eigenvalue weighted by molar-refractivity contribution is -0.126. The summed E-state index contributed by atoms with van der Waals surface area (Å²) in [5.41, 5.74) is 8.08. The maximum Gasteiger partial charge on any atom is 0.224 e. The van der Waals surface area contributed by atoms with E-state index in [4.69, 9.17) is 5.73 Å². The summed E-state index contributed by atoms with van der Waals surface area (Å²) in [7, 11) is 4.08. The Morgan fingerprint density at radius 3 is 2.35 bits per heavy atom. The Hall–Kier alpha value is -1.39. The van der Waals surface area contributed by atoms with Crippen LogP contribution in [0.15, 0.2) is 24.3 Å². The summed E-state index contributed by atoms with van der Waals surface area (Å²) in [6.45, 7) is 5.87. The summed E-state index contributed by atoms with van der Waals surface area (Å²) in [6, 6.07) is 8.20. The van der Waals surface area contributed by atoms with E-state index in [0.29, 0.717) is 13.1 Å². The predicted molar refractivity (Wildman–Crippen MR) is 83.1 cm³/mol. The van der Waals surface area contributed by atoms with Crippen LogP contribution in [-0.2, 0) is 17.9 Å². The van der Waals surface area contributed by atoms with Crippen molar-refractivity contribution in [2.24, 2.45) is 17.6 Å². The van der Waals surface area contributed by atoms with E-state index in [1.165, 1.54) is 5.56 Å². The van der Waals surface area contributed by atoms with E-state index in [1.54, 1.807) is 0 Å². The second-order valence-electron chi connectivity index (χ2n) is 5.81. The minimum atomic E-state index is -0.115. The molecule has 1 atom stereocenters. The lowest BCUT2D eigenvalue weighted by Crippen LogP contribution is -2.37. The van der Waals surface area contributed by atoms with Crippen LogP contribution in [0.5, 0.6) is 0 Å². The van der Waals surface area contributed by atoms with Crippen LogP contribution in [0.25, 0.3) is 0 Å². The molecule has 0 radical (unpaired) electrons. The molecule has 20 heavy (non-hydrogen) atoms. The van der Waals surface area contributed by atoms with Crippen LogP contribution < -0.4 is 11.1 Å². The topological polar surface area (TPSA) is 58.4 Å². The molecule has 4 nitrogen and oxygen atoms in total. The number of nitrogens with zero attached hydrogens (tertiary/aromatic N) is 1. The standard InChI is InChI=1S/C16H27N3O/c1-12(2)15(9-17)16(20)18-10-13-7-5-6-8-14(13)11-19(3)4/h5-8,12,15H,9-11,17H2,1-4H3,(H,18,20). The molecule has 0 aromatic heterocycles. The fourth-order valence-electron chi connectivity index (χ4n) is 2.22. The molecule has 1 rings (SSSR count). The molecule has 112 valence electrons. The van der Waals surface area contributed by atoms with Gasteiger partial charge in [-0.3, -0.25) is 4.79 Å². The molecule has 1 aromatic rings. The molecular formula is C16H27N3O. The van der Waals surface area contributed by atoms with Gasteiger partial charge in [-0.05, 0) is 31.1 Å². The largest absolute Gasteiger partial charge is 0.352 e. The molecule has 0 saturated carbocycles. The van der Waals surface area contributed by atoms with Crippen LogP contribution in [0, 0.1) is 11.8 Å². The van der Waals surface area contributed by atoms with Gasteiger partial charge < -0.3 is 16.0 Å². The van der Waals surface area contributed by atoms with E-state index in [-0.39, 0.29) is 17.7 Å². The fourth-order valence-corrected chi connectivity index (χ4v) is 2.22. The van der Waals surface area contributed by atoms with Gasteiger partial charge in [0.05, 0.1) is 5.92 Å². The summed E-state index contributed by atoms with van der Waals surface area (Å²) >= 11 is 0. The number of rotatable bonds is 7. The SMILES string of the molecule is CC(C)C(CN)C(=O)NCc1ccccc1CN(C)C. The van der Waals surface area contributed by atoms with Gasteiger partial charge in [0, 0.05) is 19.6 Å². The monoisotopic (exact) mass is 277 g/mol. The lowest BCUT2D eigenvalue weighted by atomic mass is 9.95. The highest BCUT2D eigenvalue weighted by Gasteiger charge is 2.20. The zero-order valence-corrected chi connectivity index (χ0v) is 13.0. The van der Waals surface area contributed by atoms with Crippen molar-refractivity contribution in [2.45, 2.75) is 26.9 Å². The number of amides is 1. The van der Waals surface area contributed by atoms with E-state index in [0.717, 1.165) is 12.1 Å². The number of nitrogens with two attached hydrogens (primary N) is 1. The van der Waals surface area contributed by atoms with Gasteiger partial charge in [0.2, 0.25) is 5.91 Å². The first-order valence-corrected chi connectivity index (χ1v) is 7.15. The minimum Gasteiger partial charge on any atom is -0.352 e. The van der Waals surface area contributed by atoms with Crippen molar-refractivity contribution in [3.63, 3.8) is 0 Å². The molecule has 0 heterocycles. The van der Waals surface area contributed by atoms with E-state index in [2.05, 4.69) is 22.3 Å². The molecule has 0 fully saturated rings. The zero-order chi connectivity index (χ0) is 15.1. The molecule has 1 unspecified atom stereocenters. The smallest absolute Gasteiger partial charge is 0.224 e. The van der Waals surface area contributed by atoms with Crippen molar-refractivity contribution in [1.29, 1.82) is 0 Å². The van der Waals surface area contributed by atoms with Gasteiger partial charge in [-0.1, -0.05) is 38.1 Å². The Morgan fingerprint density at radius 1 is 1.25 bits per heavy atom. The molecule has 0 spiro atoms. The van der Waals surface area contributed by atoms with Crippen LogP contribution in [0.1, 0.15) is 25.0 Å². The Labute approximate surface area is 122 Å². The van der Waals surface area contributed by atoms with E-state index < -0.39 is 0 Å². The van der Waals surface area contributed by atoms with E-state index in [1.807, 2.05) is 40.1 Å². The third-order valence-corrected chi connectivity index (χ3v) is 3.45. The van der Waals surface area contributed by atoms with E-state index in [9.17, 15) is 4.79 Å². The van der Waals surface area contributed by atoms with Gasteiger partial charge in [-0.25, -0.2) is 0 Å². The summed E-state index contributed by atoms with van der Waals surface area (Å²) < 4.78 is 0. The first-order chi connectivity index (χ1) is 9.45. The molecule has 0 saturated heterocycles. The maximum absolute atomic E-state index is 12.1. The van der Waals surface area contributed by atoms with Gasteiger partial charge in [0.25, 0.3) is 0 Å². The van der Waals surface area contributed by atoms with Crippen LogP contribution in [-0.4, -0.2) is 31.4 Å². The average molecular weight is 277 g/mol. The Morgan fingerprint density at radius 2 is 1.85 bits per heavy atom. The highest BCUT2D eigenvalue weighted by Crippen LogP contribution is 2.12. The Bertz CT molecular complexity index is 429. The second-order valence-corrected chi connectivity index (χ2v) is 5.81. The average Bonchev–Trinajstić information content (AvgIpc) is 2.37. The van der Waals surface area contributed by atoms with Crippen LogP contribution >= 0.6 is 0 Å². The first kappa shape index (κ1) is 16.7. The van der Waals surface area contributed by atoms with Crippen molar-refractivity contribution in [3.05, 3.63) is 35.4 Å². The normalized spacial score (nSPS) is 12.8. The maximum atomic E-state index is 12.1. The van der Waals surface area contributed by atoms with Gasteiger partial charge in [-0.2, -0.15) is 0 Å². The highest BCUT2D eigenvalue weighted by atomic mass is 16.1. The number of carbonyl (C=O) groups is 1. The number of benzene rings is 1.